The van der Waals surface area contributed by atoms with Crippen molar-refractivity contribution in [2.24, 2.45) is 0 Å². The van der Waals surface area contributed by atoms with Crippen molar-refractivity contribution < 1.29 is 33.2 Å². The molecule has 0 amide bonds. The molecule has 5 rings (SSSR count). The number of carbonyl (C=O) groups is 1. The molecule has 3 aliphatic heterocycles. The molecule has 30 heavy (non-hydrogen) atoms. The maximum absolute atomic E-state index is 12.8. The number of halogens is 1. The molecule has 0 bridgehead atoms. The molecule has 2 aromatic rings. The lowest BCUT2D eigenvalue weighted by Gasteiger charge is -2.33. The first-order valence-corrected chi connectivity index (χ1v) is 10.3. The summed E-state index contributed by atoms with van der Waals surface area (Å²) in [6.45, 7) is 0.833. The standard InChI is InChI=1S/C21H20BrNO7/c1-25-11-5-4-10-13(17(11)26-2)21(24)30-16(10)15-12-9(6-7-23-15)14(22)19-20(18(12)27-3)29-8-28-19/h4-5,15-16,23H,6-8H2,1-3H3. The van der Waals surface area contributed by atoms with E-state index in [2.05, 4.69) is 21.2 Å². The molecule has 2 unspecified atom stereocenters. The monoisotopic (exact) mass is 477 g/mol. The number of ether oxygens (including phenoxy) is 6. The number of hydrogen-bond acceptors (Lipinski definition) is 8. The van der Waals surface area contributed by atoms with E-state index in [0.29, 0.717) is 40.9 Å². The van der Waals surface area contributed by atoms with Gasteiger partial charge >= 0.3 is 5.97 Å². The molecular weight excluding hydrogens is 458 g/mol. The van der Waals surface area contributed by atoms with Gasteiger partial charge in [0.2, 0.25) is 12.5 Å². The Morgan fingerprint density at radius 1 is 1.07 bits per heavy atom. The van der Waals surface area contributed by atoms with Crippen LogP contribution in [0.2, 0.25) is 0 Å². The van der Waals surface area contributed by atoms with Gasteiger partial charge in [-0.15, -0.1) is 0 Å². The van der Waals surface area contributed by atoms with Gasteiger partial charge < -0.3 is 33.7 Å². The second-order valence-electron chi connectivity index (χ2n) is 7.08. The summed E-state index contributed by atoms with van der Waals surface area (Å²) in [4.78, 5) is 12.8. The second-order valence-corrected chi connectivity index (χ2v) is 7.87. The SMILES string of the molecule is COc1ccc2c(c1OC)C(=O)OC2C1NCCc2c(Br)c3c(c(OC)c21)OCO3. The first kappa shape index (κ1) is 19.3. The van der Waals surface area contributed by atoms with E-state index in [1.807, 2.05) is 6.07 Å². The third kappa shape index (κ3) is 2.58. The highest BCUT2D eigenvalue weighted by atomic mass is 79.9. The fourth-order valence-electron chi connectivity index (χ4n) is 4.49. The fraction of sp³-hybridized carbons (Fsp3) is 0.381. The Morgan fingerprint density at radius 3 is 2.57 bits per heavy atom. The molecule has 0 radical (unpaired) electrons. The van der Waals surface area contributed by atoms with Crippen LogP contribution in [-0.4, -0.2) is 40.6 Å². The Kier molecular flexibility index (Phi) is 4.67. The average Bonchev–Trinajstić information content (AvgIpc) is 3.38. The van der Waals surface area contributed by atoms with Crippen LogP contribution < -0.4 is 29.0 Å². The van der Waals surface area contributed by atoms with Crippen molar-refractivity contribution in [2.45, 2.75) is 18.6 Å². The Bertz CT molecular complexity index is 1050. The summed E-state index contributed by atoms with van der Waals surface area (Å²) >= 11 is 3.67. The van der Waals surface area contributed by atoms with E-state index < -0.39 is 12.1 Å². The summed E-state index contributed by atoms with van der Waals surface area (Å²) < 4.78 is 34.6. The molecule has 3 aliphatic rings. The smallest absolute Gasteiger partial charge is 0.343 e. The van der Waals surface area contributed by atoms with Gasteiger partial charge in [0.15, 0.2) is 23.0 Å². The number of esters is 1. The van der Waals surface area contributed by atoms with Crippen LogP contribution >= 0.6 is 15.9 Å². The molecule has 0 saturated carbocycles. The predicted molar refractivity (Wildman–Crippen MR) is 109 cm³/mol. The number of nitrogens with one attached hydrogen (secondary N) is 1. The first-order chi connectivity index (χ1) is 14.6. The fourth-order valence-corrected chi connectivity index (χ4v) is 5.20. The minimum Gasteiger partial charge on any atom is -0.493 e. The van der Waals surface area contributed by atoms with Crippen molar-refractivity contribution in [2.75, 3.05) is 34.7 Å². The Morgan fingerprint density at radius 2 is 1.83 bits per heavy atom. The van der Waals surface area contributed by atoms with Gasteiger partial charge in [0.1, 0.15) is 11.7 Å². The largest absolute Gasteiger partial charge is 0.493 e. The van der Waals surface area contributed by atoms with E-state index in [1.54, 1.807) is 13.2 Å². The average molecular weight is 478 g/mol. The van der Waals surface area contributed by atoms with E-state index in [-0.39, 0.29) is 12.8 Å². The van der Waals surface area contributed by atoms with Gasteiger partial charge in [-0.1, -0.05) is 6.07 Å². The van der Waals surface area contributed by atoms with Crippen LogP contribution in [0.4, 0.5) is 0 Å². The highest BCUT2D eigenvalue weighted by Crippen LogP contribution is 2.56. The molecule has 0 aliphatic carbocycles. The molecule has 0 aromatic heterocycles. The lowest BCUT2D eigenvalue weighted by Crippen LogP contribution is -2.34. The van der Waals surface area contributed by atoms with Crippen LogP contribution in [0.25, 0.3) is 0 Å². The summed E-state index contributed by atoms with van der Waals surface area (Å²) in [5, 5.41) is 3.49. The Labute approximate surface area is 181 Å². The zero-order valence-electron chi connectivity index (χ0n) is 16.7. The maximum atomic E-state index is 12.8. The van der Waals surface area contributed by atoms with E-state index in [9.17, 15) is 4.79 Å². The highest BCUT2D eigenvalue weighted by Gasteiger charge is 2.45. The third-order valence-electron chi connectivity index (χ3n) is 5.73. The van der Waals surface area contributed by atoms with E-state index in [0.717, 1.165) is 27.6 Å². The predicted octanol–water partition coefficient (Wildman–Crippen LogP) is 3.30. The lowest BCUT2D eigenvalue weighted by atomic mass is 9.86. The molecule has 158 valence electrons. The van der Waals surface area contributed by atoms with Crippen molar-refractivity contribution >= 4 is 21.9 Å². The van der Waals surface area contributed by atoms with E-state index in [1.165, 1.54) is 14.2 Å². The quantitative estimate of drug-likeness (QED) is 0.671. The molecule has 9 heteroatoms. The summed E-state index contributed by atoms with van der Waals surface area (Å²) in [5.41, 5.74) is 3.05. The molecule has 3 heterocycles. The Hall–Kier alpha value is -2.65. The maximum Gasteiger partial charge on any atom is 0.343 e. The first-order valence-electron chi connectivity index (χ1n) is 9.47. The van der Waals surface area contributed by atoms with E-state index >= 15 is 0 Å². The molecule has 0 spiro atoms. The van der Waals surface area contributed by atoms with Crippen LogP contribution in [0, 0.1) is 0 Å². The van der Waals surface area contributed by atoms with Crippen LogP contribution in [0.1, 0.15) is 39.2 Å². The topological polar surface area (TPSA) is 84.5 Å². The highest BCUT2D eigenvalue weighted by molar-refractivity contribution is 9.10. The summed E-state index contributed by atoms with van der Waals surface area (Å²) in [6.07, 6.45) is 0.200. The van der Waals surface area contributed by atoms with Crippen molar-refractivity contribution in [1.82, 2.24) is 5.32 Å². The van der Waals surface area contributed by atoms with Crippen LogP contribution in [0.3, 0.4) is 0 Å². The molecule has 1 N–H and O–H groups in total. The number of carbonyl (C=O) groups excluding carboxylic acids is 1. The number of fused-ring (bicyclic) bond motifs is 3. The van der Waals surface area contributed by atoms with Crippen LogP contribution in [0.15, 0.2) is 16.6 Å². The van der Waals surface area contributed by atoms with Gasteiger partial charge in [-0.05, 0) is 40.5 Å². The number of methoxy groups -OCH3 is 3. The molecule has 8 nitrogen and oxygen atoms in total. The minimum atomic E-state index is -0.562. The zero-order chi connectivity index (χ0) is 21.0. The lowest BCUT2D eigenvalue weighted by molar-refractivity contribution is 0.0281. The molecule has 2 aromatic carbocycles. The van der Waals surface area contributed by atoms with Gasteiger partial charge in [-0.3, -0.25) is 0 Å². The molecule has 0 fully saturated rings. The van der Waals surface area contributed by atoms with Crippen LogP contribution in [-0.2, 0) is 11.2 Å². The molecular formula is C21H20BrNO7. The van der Waals surface area contributed by atoms with Gasteiger partial charge in [0.05, 0.1) is 31.8 Å². The number of rotatable bonds is 4. The normalized spacial score (nSPS) is 21.0. The van der Waals surface area contributed by atoms with Crippen molar-refractivity contribution in [3.8, 4) is 28.7 Å². The summed E-state index contributed by atoms with van der Waals surface area (Å²) in [6, 6.07) is 3.29. The third-order valence-corrected chi connectivity index (χ3v) is 6.57. The van der Waals surface area contributed by atoms with Gasteiger partial charge in [-0.2, -0.15) is 0 Å². The zero-order valence-corrected chi connectivity index (χ0v) is 18.3. The minimum absolute atomic E-state index is 0.128. The number of hydrogen-bond donors (Lipinski definition) is 1. The molecule has 0 saturated heterocycles. The van der Waals surface area contributed by atoms with Crippen molar-refractivity contribution in [3.63, 3.8) is 0 Å². The van der Waals surface area contributed by atoms with Gasteiger partial charge in [0, 0.05) is 11.1 Å². The summed E-state index contributed by atoms with van der Waals surface area (Å²) in [5.74, 6) is 2.18. The van der Waals surface area contributed by atoms with Gasteiger partial charge in [0.25, 0.3) is 0 Å². The molecule has 2 atom stereocenters. The van der Waals surface area contributed by atoms with Crippen LogP contribution in [0.5, 0.6) is 28.7 Å². The van der Waals surface area contributed by atoms with E-state index in [4.69, 9.17) is 28.4 Å². The van der Waals surface area contributed by atoms with Crippen molar-refractivity contribution in [1.29, 1.82) is 0 Å². The van der Waals surface area contributed by atoms with Crippen molar-refractivity contribution in [3.05, 3.63) is 38.9 Å². The number of cyclic esters (lactones) is 1. The van der Waals surface area contributed by atoms with Gasteiger partial charge in [-0.25, -0.2) is 4.79 Å². The number of benzene rings is 2. The second kappa shape index (κ2) is 7.24. The summed E-state index contributed by atoms with van der Waals surface area (Å²) in [7, 11) is 4.64. The Balaban J connectivity index is 1.68.